The largest absolute Gasteiger partial charge is 0.467 e. The Kier molecular flexibility index (Phi) is 5.43. The van der Waals surface area contributed by atoms with Crippen LogP contribution in [0.2, 0.25) is 0 Å². The number of thiophene rings is 1. The number of ether oxygens (including phenoxy) is 1. The molecule has 2 aromatic heterocycles. The van der Waals surface area contributed by atoms with Crippen LogP contribution in [0.5, 0.6) is 6.01 Å². The predicted octanol–water partition coefficient (Wildman–Crippen LogP) is 2.60. The zero-order chi connectivity index (χ0) is 18.5. The molecule has 0 radical (unpaired) electrons. The Hall–Kier alpha value is -3.00. The summed E-state index contributed by atoms with van der Waals surface area (Å²) in [6, 6.07) is 11.8. The van der Waals surface area contributed by atoms with Crippen molar-refractivity contribution in [3.63, 3.8) is 0 Å². The predicted molar refractivity (Wildman–Crippen MR) is 102 cm³/mol. The summed E-state index contributed by atoms with van der Waals surface area (Å²) < 4.78 is 5.09. The number of anilines is 1. The van der Waals surface area contributed by atoms with E-state index in [4.69, 9.17) is 4.74 Å². The number of methoxy groups -OCH3 is 1. The molecule has 0 aliphatic carbocycles. The Morgan fingerprint density at radius 2 is 1.92 bits per heavy atom. The van der Waals surface area contributed by atoms with E-state index >= 15 is 0 Å². The molecule has 0 atom stereocenters. The molecule has 0 bridgehead atoms. The van der Waals surface area contributed by atoms with Crippen LogP contribution in [0.1, 0.15) is 16.2 Å². The highest BCUT2D eigenvalue weighted by molar-refractivity contribution is 7.13. The monoisotopic (exact) mass is 369 g/mol. The average molecular weight is 369 g/mol. The molecule has 0 unspecified atom stereocenters. The molecule has 0 spiro atoms. The topological polar surface area (TPSA) is 80.2 Å². The van der Waals surface area contributed by atoms with Gasteiger partial charge in [0.1, 0.15) is 0 Å². The number of nitrogens with one attached hydrogen (secondary N) is 1. The number of hydrogen-bond donors (Lipinski definition) is 1. The van der Waals surface area contributed by atoms with Crippen molar-refractivity contribution in [2.45, 2.75) is 6.54 Å². The lowest BCUT2D eigenvalue weighted by atomic mass is 10.1. The summed E-state index contributed by atoms with van der Waals surface area (Å²) in [5.74, 6) is 0.721. The Morgan fingerprint density at radius 1 is 1.15 bits per heavy atom. The van der Waals surface area contributed by atoms with Gasteiger partial charge in [-0.25, -0.2) is 0 Å². The van der Waals surface area contributed by atoms with Crippen LogP contribution in [-0.2, 0) is 6.54 Å². The number of rotatable bonds is 6. The molecule has 7 nitrogen and oxygen atoms in total. The molecule has 134 valence electrons. The van der Waals surface area contributed by atoms with E-state index in [0.717, 1.165) is 5.56 Å². The van der Waals surface area contributed by atoms with Gasteiger partial charge in [-0.05, 0) is 29.1 Å². The summed E-state index contributed by atoms with van der Waals surface area (Å²) in [5.41, 5.74) is 1.67. The summed E-state index contributed by atoms with van der Waals surface area (Å²) in [7, 11) is 5.14. The van der Waals surface area contributed by atoms with E-state index in [0.29, 0.717) is 17.3 Å². The molecule has 0 aliphatic rings. The normalized spacial score (nSPS) is 10.4. The fraction of sp³-hybridized carbons (Fsp3) is 0.222. The van der Waals surface area contributed by atoms with Crippen molar-refractivity contribution in [3.8, 4) is 16.5 Å². The van der Waals surface area contributed by atoms with E-state index in [1.165, 1.54) is 12.0 Å². The lowest BCUT2D eigenvalue weighted by Crippen LogP contribution is -2.25. The number of hydrogen-bond acceptors (Lipinski definition) is 7. The van der Waals surface area contributed by atoms with Crippen LogP contribution < -0.4 is 15.0 Å². The fourth-order valence-corrected chi connectivity index (χ4v) is 2.98. The summed E-state index contributed by atoms with van der Waals surface area (Å²) >= 11 is 1.67. The first kappa shape index (κ1) is 17.8. The molecule has 1 N–H and O–H groups in total. The minimum absolute atomic E-state index is 0.186. The first-order chi connectivity index (χ1) is 12.6. The smallest absolute Gasteiger partial charge is 0.321 e. The highest BCUT2D eigenvalue weighted by Gasteiger charge is 2.11. The maximum Gasteiger partial charge on any atom is 0.321 e. The van der Waals surface area contributed by atoms with Crippen molar-refractivity contribution in [3.05, 3.63) is 53.2 Å². The van der Waals surface area contributed by atoms with E-state index in [2.05, 4.69) is 26.3 Å². The third kappa shape index (κ3) is 4.15. The Bertz CT molecular complexity index is 879. The second-order valence-electron chi connectivity index (χ2n) is 5.67. The van der Waals surface area contributed by atoms with Gasteiger partial charge >= 0.3 is 6.01 Å². The second kappa shape index (κ2) is 7.92. The van der Waals surface area contributed by atoms with Gasteiger partial charge < -0.3 is 15.0 Å². The lowest BCUT2D eigenvalue weighted by Gasteiger charge is -2.12. The average Bonchev–Trinajstić information content (AvgIpc) is 3.20. The van der Waals surface area contributed by atoms with Gasteiger partial charge in [-0.15, -0.1) is 11.3 Å². The highest BCUT2D eigenvalue weighted by atomic mass is 32.1. The second-order valence-corrected chi connectivity index (χ2v) is 6.62. The molecule has 26 heavy (non-hydrogen) atoms. The van der Waals surface area contributed by atoms with E-state index in [1.807, 2.05) is 49.8 Å². The van der Waals surface area contributed by atoms with Crippen molar-refractivity contribution in [2.75, 3.05) is 26.1 Å². The van der Waals surface area contributed by atoms with Gasteiger partial charge in [-0.3, -0.25) is 4.79 Å². The van der Waals surface area contributed by atoms with Crippen LogP contribution >= 0.6 is 11.3 Å². The van der Waals surface area contributed by atoms with E-state index in [9.17, 15) is 4.79 Å². The van der Waals surface area contributed by atoms with Gasteiger partial charge in [0.2, 0.25) is 5.95 Å². The summed E-state index contributed by atoms with van der Waals surface area (Å²) in [6.45, 7) is 0.186. The Labute approximate surface area is 155 Å². The maximum absolute atomic E-state index is 12.4. The van der Waals surface area contributed by atoms with Crippen molar-refractivity contribution in [1.82, 2.24) is 20.3 Å². The molecule has 1 amide bonds. The van der Waals surface area contributed by atoms with E-state index in [-0.39, 0.29) is 18.5 Å². The Balaban J connectivity index is 1.68. The number of carbonyl (C=O) groups is 1. The van der Waals surface area contributed by atoms with Crippen LogP contribution in [0.4, 0.5) is 5.95 Å². The number of amides is 1. The third-order valence-corrected chi connectivity index (χ3v) is 4.51. The van der Waals surface area contributed by atoms with Crippen molar-refractivity contribution >= 4 is 23.2 Å². The lowest BCUT2D eigenvalue weighted by molar-refractivity contribution is 0.0949. The van der Waals surface area contributed by atoms with Gasteiger partial charge in [0.05, 0.1) is 13.7 Å². The SMILES string of the molecule is COc1nc(CNC(=O)c2ccc(-c3cccs3)cc2)nc(N(C)C)n1. The van der Waals surface area contributed by atoms with Crippen molar-refractivity contribution in [2.24, 2.45) is 0 Å². The molecule has 0 saturated carbocycles. The summed E-state index contributed by atoms with van der Waals surface area (Å²) in [6.07, 6.45) is 0. The molecule has 0 saturated heterocycles. The van der Waals surface area contributed by atoms with Gasteiger partial charge in [0, 0.05) is 24.5 Å². The van der Waals surface area contributed by atoms with Crippen molar-refractivity contribution in [1.29, 1.82) is 0 Å². The van der Waals surface area contributed by atoms with Gasteiger partial charge in [0.15, 0.2) is 5.82 Å². The first-order valence-corrected chi connectivity index (χ1v) is 8.83. The quantitative estimate of drug-likeness (QED) is 0.719. The van der Waals surface area contributed by atoms with Crippen LogP contribution in [-0.4, -0.2) is 42.1 Å². The zero-order valence-corrected chi connectivity index (χ0v) is 15.6. The summed E-state index contributed by atoms with van der Waals surface area (Å²) in [5, 5.41) is 4.85. The number of nitrogens with zero attached hydrogens (tertiary/aromatic N) is 4. The Morgan fingerprint density at radius 3 is 2.54 bits per heavy atom. The van der Waals surface area contributed by atoms with Crippen LogP contribution in [0.25, 0.3) is 10.4 Å². The van der Waals surface area contributed by atoms with Crippen LogP contribution in [0.3, 0.4) is 0 Å². The van der Waals surface area contributed by atoms with Gasteiger partial charge in [-0.1, -0.05) is 18.2 Å². The zero-order valence-electron chi connectivity index (χ0n) is 14.8. The number of benzene rings is 1. The fourth-order valence-electron chi connectivity index (χ4n) is 2.25. The summed E-state index contributed by atoms with van der Waals surface area (Å²) in [4.78, 5) is 27.9. The molecule has 2 heterocycles. The van der Waals surface area contributed by atoms with E-state index < -0.39 is 0 Å². The highest BCUT2D eigenvalue weighted by Crippen LogP contribution is 2.24. The molecule has 0 aliphatic heterocycles. The number of carbonyl (C=O) groups excluding carboxylic acids is 1. The first-order valence-electron chi connectivity index (χ1n) is 7.95. The standard InChI is InChI=1S/C18H19N5O2S/c1-23(2)17-20-15(21-18(22-17)25-3)11-19-16(24)13-8-6-12(7-9-13)14-5-4-10-26-14/h4-10H,11H2,1-3H3,(H,19,24). The molecule has 3 aromatic rings. The maximum atomic E-state index is 12.4. The third-order valence-electron chi connectivity index (χ3n) is 3.59. The minimum atomic E-state index is -0.187. The van der Waals surface area contributed by atoms with Crippen molar-refractivity contribution < 1.29 is 9.53 Å². The van der Waals surface area contributed by atoms with Crippen LogP contribution in [0.15, 0.2) is 41.8 Å². The van der Waals surface area contributed by atoms with Gasteiger partial charge in [-0.2, -0.15) is 15.0 Å². The molecule has 8 heteroatoms. The number of aromatic nitrogens is 3. The van der Waals surface area contributed by atoms with E-state index in [1.54, 1.807) is 16.2 Å². The van der Waals surface area contributed by atoms with Gasteiger partial charge in [0.25, 0.3) is 5.91 Å². The molecule has 3 rings (SSSR count). The molecular formula is C18H19N5O2S. The minimum Gasteiger partial charge on any atom is -0.467 e. The molecule has 1 aromatic carbocycles. The molecule has 0 fully saturated rings. The molecular weight excluding hydrogens is 350 g/mol. The van der Waals surface area contributed by atoms with Crippen LogP contribution in [0, 0.1) is 0 Å².